The molecule has 0 bridgehead atoms. The van der Waals surface area contributed by atoms with Gasteiger partial charge in [0.2, 0.25) is 11.8 Å². The van der Waals surface area contributed by atoms with Crippen molar-refractivity contribution in [3.63, 3.8) is 0 Å². The van der Waals surface area contributed by atoms with Crippen LogP contribution in [-0.4, -0.2) is 24.4 Å². The lowest BCUT2D eigenvalue weighted by atomic mass is 10.2. The van der Waals surface area contributed by atoms with Gasteiger partial charge in [0.1, 0.15) is 0 Å². The number of hydrogen-bond donors (Lipinski definition) is 3. The van der Waals surface area contributed by atoms with Gasteiger partial charge in [-0.05, 0) is 25.1 Å². The summed E-state index contributed by atoms with van der Waals surface area (Å²) in [7, 11) is 0. The Morgan fingerprint density at radius 2 is 1.80 bits per heavy atom. The number of hydrogen-bond acceptors (Lipinski definition) is 5. The van der Waals surface area contributed by atoms with Crippen molar-refractivity contribution < 1.29 is 32.3 Å². The van der Waals surface area contributed by atoms with E-state index in [-0.39, 0.29) is 12.3 Å². The highest BCUT2D eigenvalue weighted by atomic mass is 19.4. The molecular formula is C15H16F3N3O4. The van der Waals surface area contributed by atoms with E-state index in [1.54, 1.807) is 6.92 Å². The number of halogens is 3. The van der Waals surface area contributed by atoms with Crippen molar-refractivity contribution in [2.45, 2.75) is 13.1 Å². The zero-order valence-corrected chi connectivity index (χ0v) is 13.1. The third kappa shape index (κ3) is 4.08. The van der Waals surface area contributed by atoms with Crippen LogP contribution < -0.4 is 16.6 Å². The van der Waals surface area contributed by atoms with Crippen molar-refractivity contribution in [3.05, 3.63) is 29.8 Å². The van der Waals surface area contributed by atoms with E-state index < -0.39 is 47.3 Å². The minimum absolute atomic E-state index is 0.0638. The molecule has 1 aliphatic rings. The maximum atomic E-state index is 12.7. The van der Waals surface area contributed by atoms with Crippen LogP contribution in [0, 0.1) is 17.8 Å². The van der Waals surface area contributed by atoms with Gasteiger partial charge >= 0.3 is 12.1 Å². The second kappa shape index (κ2) is 7.09. The summed E-state index contributed by atoms with van der Waals surface area (Å²) >= 11 is 0. The molecule has 1 aromatic rings. The monoisotopic (exact) mass is 359 g/mol. The van der Waals surface area contributed by atoms with Gasteiger partial charge in [-0.1, -0.05) is 6.07 Å². The number of anilines is 1. The Balaban J connectivity index is 2.14. The number of nitrogens with two attached hydrogens (primary N) is 1. The van der Waals surface area contributed by atoms with Gasteiger partial charge in [-0.2, -0.15) is 13.2 Å². The smallest absolute Gasteiger partial charge is 0.416 e. The van der Waals surface area contributed by atoms with Crippen molar-refractivity contribution in [2.24, 2.45) is 23.6 Å². The largest absolute Gasteiger partial charge is 0.466 e. The average Bonchev–Trinajstić information content (AvgIpc) is 3.29. The van der Waals surface area contributed by atoms with E-state index in [0.717, 1.165) is 18.2 Å². The van der Waals surface area contributed by atoms with Gasteiger partial charge in [0.15, 0.2) is 0 Å². The van der Waals surface area contributed by atoms with E-state index in [2.05, 4.69) is 5.32 Å². The van der Waals surface area contributed by atoms with Crippen LogP contribution in [0.5, 0.6) is 0 Å². The Bertz CT molecular complexity index is 693. The van der Waals surface area contributed by atoms with E-state index in [4.69, 9.17) is 10.6 Å². The van der Waals surface area contributed by atoms with Gasteiger partial charge in [-0.15, -0.1) is 0 Å². The van der Waals surface area contributed by atoms with Crippen LogP contribution in [0.1, 0.15) is 12.5 Å². The number of ether oxygens (including phenoxy) is 1. The van der Waals surface area contributed by atoms with Gasteiger partial charge in [0.05, 0.1) is 29.9 Å². The highest BCUT2D eigenvalue weighted by Crippen LogP contribution is 2.48. The van der Waals surface area contributed by atoms with Crippen molar-refractivity contribution in [1.82, 2.24) is 5.43 Å². The third-order valence-electron chi connectivity index (χ3n) is 3.78. The van der Waals surface area contributed by atoms with Crippen LogP contribution in [0.2, 0.25) is 0 Å². The zero-order chi connectivity index (χ0) is 18.8. The minimum Gasteiger partial charge on any atom is -0.466 e. The summed E-state index contributed by atoms with van der Waals surface area (Å²) in [6.45, 7) is 1.63. The third-order valence-corrected chi connectivity index (χ3v) is 3.78. The van der Waals surface area contributed by atoms with Gasteiger partial charge in [0.25, 0.3) is 0 Å². The predicted molar refractivity (Wildman–Crippen MR) is 79.5 cm³/mol. The molecule has 7 nitrogen and oxygen atoms in total. The van der Waals surface area contributed by atoms with E-state index >= 15 is 0 Å². The first-order valence-corrected chi connectivity index (χ1v) is 7.36. The fourth-order valence-electron chi connectivity index (χ4n) is 2.59. The van der Waals surface area contributed by atoms with Crippen molar-refractivity contribution in [2.75, 3.05) is 11.9 Å². The highest BCUT2D eigenvalue weighted by molar-refractivity contribution is 6.05. The van der Waals surface area contributed by atoms with Crippen molar-refractivity contribution >= 4 is 23.5 Å². The number of amides is 2. The normalized spacial score (nSPS) is 22.0. The highest BCUT2D eigenvalue weighted by Gasteiger charge is 2.63. The van der Waals surface area contributed by atoms with E-state index in [9.17, 15) is 27.6 Å². The van der Waals surface area contributed by atoms with Crippen LogP contribution in [0.15, 0.2) is 24.3 Å². The molecule has 2 rings (SSSR count). The lowest BCUT2D eigenvalue weighted by Gasteiger charge is -2.10. The first-order valence-electron chi connectivity index (χ1n) is 7.36. The second-order valence-corrected chi connectivity index (χ2v) is 5.41. The Kier molecular flexibility index (Phi) is 5.31. The zero-order valence-electron chi connectivity index (χ0n) is 13.1. The molecule has 0 radical (unpaired) electrons. The lowest BCUT2D eigenvalue weighted by molar-refractivity contribution is -0.146. The first kappa shape index (κ1) is 18.7. The predicted octanol–water partition coefficient (Wildman–Crippen LogP) is 1.06. The molecular weight excluding hydrogens is 343 g/mol. The summed E-state index contributed by atoms with van der Waals surface area (Å²) in [6, 6.07) is 4.03. The standard InChI is InChI=1S/C15H16F3N3O4/c1-2-25-14(24)11-9(10(11)13(23)21-19)12(22)20-8-5-3-4-7(6-8)15(16,17)18/h3-6,9-11H,2,19H2,1H3,(H,20,22)(H,21,23)/t9-,10-,11+/m0/s1. The molecule has 0 aliphatic heterocycles. The lowest BCUT2D eigenvalue weighted by Crippen LogP contribution is -2.33. The molecule has 136 valence electrons. The molecule has 0 spiro atoms. The molecule has 1 aliphatic carbocycles. The summed E-state index contributed by atoms with van der Waals surface area (Å²) in [4.78, 5) is 35.8. The molecule has 4 N–H and O–H groups in total. The number of benzene rings is 1. The Morgan fingerprint density at radius 3 is 2.36 bits per heavy atom. The minimum atomic E-state index is -4.56. The molecule has 0 saturated heterocycles. The maximum absolute atomic E-state index is 12.7. The number of esters is 1. The number of hydrazine groups is 1. The van der Waals surface area contributed by atoms with Crippen molar-refractivity contribution in [1.29, 1.82) is 0 Å². The Labute approximate surface area is 140 Å². The van der Waals surface area contributed by atoms with Gasteiger partial charge in [-0.25, -0.2) is 5.84 Å². The topological polar surface area (TPSA) is 111 Å². The molecule has 0 heterocycles. The number of carbonyl (C=O) groups is 3. The summed E-state index contributed by atoms with van der Waals surface area (Å²) in [5, 5.41) is 2.28. The van der Waals surface area contributed by atoms with Gasteiger partial charge < -0.3 is 10.1 Å². The average molecular weight is 359 g/mol. The molecule has 25 heavy (non-hydrogen) atoms. The summed E-state index contributed by atoms with van der Waals surface area (Å²) < 4.78 is 42.9. The Morgan fingerprint density at radius 1 is 1.16 bits per heavy atom. The van der Waals surface area contributed by atoms with E-state index in [1.807, 2.05) is 5.43 Å². The van der Waals surface area contributed by atoms with Gasteiger partial charge in [0, 0.05) is 5.69 Å². The van der Waals surface area contributed by atoms with Crippen LogP contribution in [0.3, 0.4) is 0 Å². The van der Waals surface area contributed by atoms with Crippen LogP contribution in [0.4, 0.5) is 18.9 Å². The summed E-state index contributed by atoms with van der Waals surface area (Å²) in [6.07, 6.45) is -4.56. The number of nitrogens with one attached hydrogen (secondary N) is 2. The summed E-state index contributed by atoms with van der Waals surface area (Å²) in [5.41, 5.74) is 0.829. The molecule has 0 aromatic heterocycles. The molecule has 1 aromatic carbocycles. The molecule has 0 unspecified atom stereocenters. The molecule has 10 heteroatoms. The molecule has 1 saturated carbocycles. The van der Waals surface area contributed by atoms with E-state index in [1.165, 1.54) is 6.07 Å². The maximum Gasteiger partial charge on any atom is 0.416 e. The van der Waals surface area contributed by atoms with Crippen LogP contribution in [-0.2, 0) is 25.3 Å². The molecule has 1 fully saturated rings. The quantitative estimate of drug-likeness (QED) is 0.315. The van der Waals surface area contributed by atoms with Crippen LogP contribution >= 0.6 is 0 Å². The van der Waals surface area contributed by atoms with E-state index in [0.29, 0.717) is 0 Å². The number of rotatable bonds is 5. The fraction of sp³-hybridized carbons (Fsp3) is 0.400. The van der Waals surface area contributed by atoms with Crippen LogP contribution in [0.25, 0.3) is 0 Å². The van der Waals surface area contributed by atoms with Gasteiger partial charge in [-0.3, -0.25) is 19.8 Å². The first-order chi connectivity index (χ1) is 11.7. The fourth-order valence-corrected chi connectivity index (χ4v) is 2.59. The summed E-state index contributed by atoms with van der Waals surface area (Å²) in [5.74, 6) is -0.287. The second-order valence-electron chi connectivity index (χ2n) is 5.41. The molecule has 2 amide bonds. The number of alkyl halides is 3. The SMILES string of the molecule is CCOC(=O)[C@H]1[C@@H](C(=O)NN)[C@@H]1C(=O)Nc1cccc(C(F)(F)F)c1. The van der Waals surface area contributed by atoms with Crippen molar-refractivity contribution in [3.8, 4) is 0 Å². The molecule has 3 atom stereocenters. The number of carbonyl (C=O) groups excluding carboxylic acids is 3. The Hall–Kier alpha value is -2.62.